The van der Waals surface area contributed by atoms with Crippen molar-refractivity contribution in [3.8, 4) is 0 Å². The lowest BCUT2D eigenvalue weighted by Crippen LogP contribution is -2.51. The van der Waals surface area contributed by atoms with Gasteiger partial charge in [-0.15, -0.1) is 12.4 Å². The van der Waals surface area contributed by atoms with Crippen LogP contribution in [-0.4, -0.2) is 29.9 Å². The van der Waals surface area contributed by atoms with Crippen LogP contribution in [0.1, 0.15) is 34.1 Å². The first-order valence-corrected chi connectivity index (χ1v) is 5.96. The molecule has 4 heteroatoms. The van der Waals surface area contributed by atoms with Crippen molar-refractivity contribution in [1.29, 1.82) is 0 Å². The Kier molecular flexibility index (Phi) is 6.34. The minimum atomic E-state index is -0.331. The number of likely N-dealkylation sites (tertiary alicyclic amines) is 1. The molecule has 0 aromatic heterocycles. The molecule has 0 saturated carbocycles. The fourth-order valence-corrected chi connectivity index (χ4v) is 2.34. The first-order chi connectivity index (χ1) is 6.91. The van der Waals surface area contributed by atoms with Crippen molar-refractivity contribution in [1.82, 2.24) is 4.90 Å². The van der Waals surface area contributed by atoms with E-state index in [4.69, 9.17) is 5.73 Å². The Bertz CT molecular complexity index is 223. The summed E-state index contributed by atoms with van der Waals surface area (Å²) < 4.78 is 0. The topological polar surface area (TPSA) is 46.3 Å². The van der Waals surface area contributed by atoms with Crippen LogP contribution < -0.4 is 5.73 Å². The number of nitrogens with zero attached hydrogens (tertiary/aromatic N) is 1. The van der Waals surface area contributed by atoms with E-state index in [0.717, 1.165) is 13.1 Å². The maximum atomic E-state index is 12.0. The highest BCUT2D eigenvalue weighted by Gasteiger charge is 2.29. The van der Waals surface area contributed by atoms with E-state index >= 15 is 0 Å². The standard InChI is InChI=1S/C12H24N2O.ClH/c1-8(2)11(13)12(15)14-6-9(3)5-10(4)7-14;/h8-11H,5-7,13H2,1-4H3;1H. The first kappa shape index (κ1) is 15.7. The van der Waals surface area contributed by atoms with Crippen LogP contribution in [0.25, 0.3) is 0 Å². The molecule has 0 aliphatic carbocycles. The summed E-state index contributed by atoms with van der Waals surface area (Å²) >= 11 is 0. The van der Waals surface area contributed by atoms with E-state index in [1.54, 1.807) is 0 Å². The van der Waals surface area contributed by atoms with Crippen molar-refractivity contribution >= 4 is 18.3 Å². The Balaban J connectivity index is 0.00000225. The van der Waals surface area contributed by atoms with Gasteiger partial charge in [-0.05, 0) is 24.2 Å². The number of nitrogens with two attached hydrogens (primary N) is 1. The molecule has 0 aromatic carbocycles. The Morgan fingerprint density at radius 2 is 1.69 bits per heavy atom. The average molecular weight is 249 g/mol. The molecule has 96 valence electrons. The Morgan fingerprint density at radius 3 is 2.06 bits per heavy atom. The van der Waals surface area contributed by atoms with E-state index in [-0.39, 0.29) is 30.3 Å². The summed E-state index contributed by atoms with van der Waals surface area (Å²) in [6.07, 6.45) is 1.22. The van der Waals surface area contributed by atoms with Gasteiger partial charge in [0.2, 0.25) is 5.91 Å². The third kappa shape index (κ3) is 3.95. The number of hydrogen-bond donors (Lipinski definition) is 1. The smallest absolute Gasteiger partial charge is 0.239 e. The lowest BCUT2D eigenvalue weighted by Gasteiger charge is -2.36. The second-order valence-corrected chi connectivity index (χ2v) is 5.46. The SMILES string of the molecule is CC1CC(C)CN(C(=O)C(N)C(C)C)C1.Cl. The van der Waals surface area contributed by atoms with Gasteiger partial charge >= 0.3 is 0 Å². The third-order valence-corrected chi connectivity index (χ3v) is 3.18. The summed E-state index contributed by atoms with van der Waals surface area (Å²) in [6, 6.07) is -0.331. The molecule has 3 atom stereocenters. The van der Waals surface area contributed by atoms with E-state index in [1.807, 2.05) is 18.7 Å². The van der Waals surface area contributed by atoms with Crippen LogP contribution in [0.15, 0.2) is 0 Å². The highest BCUT2D eigenvalue weighted by molar-refractivity contribution is 5.85. The molecule has 1 heterocycles. The van der Waals surface area contributed by atoms with E-state index in [2.05, 4.69) is 13.8 Å². The molecule has 0 aromatic rings. The van der Waals surface area contributed by atoms with Crippen LogP contribution in [0.3, 0.4) is 0 Å². The second-order valence-electron chi connectivity index (χ2n) is 5.46. The third-order valence-electron chi connectivity index (χ3n) is 3.18. The number of carbonyl (C=O) groups excluding carboxylic acids is 1. The van der Waals surface area contributed by atoms with Crippen molar-refractivity contribution in [3.05, 3.63) is 0 Å². The van der Waals surface area contributed by atoms with Crippen molar-refractivity contribution < 1.29 is 4.79 Å². The molecule has 0 radical (unpaired) electrons. The highest BCUT2D eigenvalue weighted by atomic mass is 35.5. The summed E-state index contributed by atoms with van der Waals surface area (Å²) in [6.45, 7) is 10.2. The second kappa shape index (κ2) is 6.45. The van der Waals surface area contributed by atoms with Gasteiger partial charge in [-0.2, -0.15) is 0 Å². The van der Waals surface area contributed by atoms with Gasteiger partial charge in [-0.3, -0.25) is 4.79 Å². The predicted octanol–water partition coefficient (Wildman–Crippen LogP) is 1.90. The Morgan fingerprint density at radius 1 is 1.25 bits per heavy atom. The number of carbonyl (C=O) groups is 1. The van der Waals surface area contributed by atoms with Gasteiger partial charge in [0, 0.05) is 13.1 Å². The fraction of sp³-hybridized carbons (Fsp3) is 0.917. The predicted molar refractivity (Wildman–Crippen MR) is 69.6 cm³/mol. The first-order valence-electron chi connectivity index (χ1n) is 5.96. The van der Waals surface area contributed by atoms with Crippen molar-refractivity contribution in [2.45, 2.75) is 40.2 Å². The zero-order valence-electron chi connectivity index (χ0n) is 10.8. The number of amides is 1. The molecule has 16 heavy (non-hydrogen) atoms. The van der Waals surface area contributed by atoms with Gasteiger partial charge in [-0.1, -0.05) is 27.7 Å². The zero-order valence-corrected chi connectivity index (χ0v) is 11.6. The van der Waals surface area contributed by atoms with Crippen LogP contribution in [0.5, 0.6) is 0 Å². The molecule has 1 aliphatic rings. The minimum absolute atomic E-state index is 0. The number of rotatable bonds is 2. The van der Waals surface area contributed by atoms with Crippen LogP contribution in [0.4, 0.5) is 0 Å². The maximum Gasteiger partial charge on any atom is 0.239 e. The van der Waals surface area contributed by atoms with E-state index < -0.39 is 0 Å². The van der Waals surface area contributed by atoms with Crippen LogP contribution in [-0.2, 0) is 4.79 Å². The quantitative estimate of drug-likeness (QED) is 0.811. The molecule has 1 aliphatic heterocycles. The van der Waals surface area contributed by atoms with Gasteiger partial charge < -0.3 is 10.6 Å². The molecule has 3 unspecified atom stereocenters. The van der Waals surface area contributed by atoms with Crippen LogP contribution >= 0.6 is 12.4 Å². The maximum absolute atomic E-state index is 12.0. The summed E-state index contributed by atoms with van der Waals surface area (Å²) in [7, 11) is 0. The number of hydrogen-bond acceptors (Lipinski definition) is 2. The molecule has 1 saturated heterocycles. The molecule has 1 fully saturated rings. The molecular formula is C12H25ClN2O. The fourth-order valence-electron chi connectivity index (χ4n) is 2.34. The molecule has 2 N–H and O–H groups in total. The molecule has 1 rings (SSSR count). The molecule has 1 amide bonds. The van der Waals surface area contributed by atoms with Crippen molar-refractivity contribution in [2.24, 2.45) is 23.5 Å². The van der Waals surface area contributed by atoms with Crippen molar-refractivity contribution in [3.63, 3.8) is 0 Å². The number of halogens is 1. The van der Waals surface area contributed by atoms with Crippen molar-refractivity contribution in [2.75, 3.05) is 13.1 Å². The Labute approximate surface area is 105 Å². The summed E-state index contributed by atoms with van der Waals surface area (Å²) in [5.41, 5.74) is 5.89. The number of piperidine rings is 1. The Hall–Kier alpha value is -0.280. The van der Waals surface area contributed by atoms with Gasteiger partial charge in [0.25, 0.3) is 0 Å². The molecule has 3 nitrogen and oxygen atoms in total. The molecular weight excluding hydrogens is 224 g/mol. The lowest BCUT2D eigenvalue weighted by molar-refractivity contribution is -0.136. The average Bonchev–Trinajstić information content (AvgIpc) is 2.13. The minimum Gasteiger partial charge on any atom is -0.341 e. The summed E-state index contributed by atoms with van der Waals surface area (Å²) in [5.74, 6) is 1.57. The zero-order chi connectivity index (χ0) is 11.6. The van der Waals surface area contributed by atoms with E-state index in [0.29, 0.717) is 11.8 Å². The largest absolute Gasteiger partial charge is 0.341 e. The molecule has 0 spiro atoms. The van der Waals surface area contributed by atoms with E-state index in [9.17, 15) is 4.79 Å². The highest BCUT2D eigenvalue weighted by Crippen LogP contribution is 2.21. The normalized spacial score (nSPS) is 27.5. The molecule has 0 bridgehead atoms. The summed E-state index contributed by atoms with van der Waals surface area (Å²) in [5, 5.41) is 0. The van der Waals surface area contributed by atoms with Crippen LogP contribution in [0.2, 0.25) is 0 Å². The van der Waals surface area contributed by atoms with Crippen LogP contribution in [0, 0.1) is 17.8 Å². The van der Waals surface area contributed by atoms with Gasteiger partial charge in [0.1, 0.15) is 0 Å². The summed E-state index contributed by atoms with van der Waals surface area (Å²) in [4.78, 5) is 14.0. The van der Waals surface area contributed by atoms with Gasteiger partial charge in [0.15, 0.2) is 0 Å². The van der Waals surface area contributed by atoms with E-state index in [1.165, 1.54) is 6.42 Å². The monoisotopic (exact) mass is 248 g/mol. The lowest BCUT2D eigenvalue weighted by atomic mass is 9.91. The van der Waals surface area contributed by atoms with Gasteiger partial charge in [0.05, 0.1) is 6.04 Å². The van der Waals surface area contributed by atoms with Gasteiger partial charge in [-0.25, -0.2) is 0 Å².